The van der Waals surface area contributed by atoms with Crippen molar-refractivity contribution < 1.29 is 38.1 Å². The first-order valence-electron chi connectivity index (χ1n) is 29.5. The number of likely N-dealkylation sites (tertiary alicyclic amines) is 1. The number of ether oxygens (including phenoxy) is 4. The minimum absolute atomic E-state index is 0.0466. The summed E-state index contributed by atoms with van der Waals surface area (Å²) in [6.45, 7) is 15.8. The zero-order chi connectivity index (χ0) is 50.8. The summed E-state index contributed by atoms with van der Waals surface area (Å²) in [7, 11) is 3.87. The minimum atomic E-state index is -0.508. The average Bonchev–Trinajstić information content (AvgIpc) is 3.72. The van der Waals surface area contributed by atoms with Crippen LogP contribution in [0.25, 0.3) is 0 Å². The second-order valence-corrected chi connectivity index (χ2v) is 22.0. The Hall–Kier alpha value is -2.20. The Morgan fingerprint density at radius 3 is 1.65 bits per heavy atom. The fourth-order valence-electron chi connectivity index (χ4n) is 9.85. The molecular formula is C59H112N2O8. The third-order valence-electron chi connectivity index (χ3n) is 14.5. The molecule has 1 aliphatic rings. The highest BCUT2D eigenvalue weighted by Crippen LogP contribution is 2.28. The van der Waals surface area contributed by atoms with Crippen molar-refractivity contribution in [3.63, 3.8) is 0 Å². The van der Waals surface area contributed by atoms with Gasteiger partial charge in [0, 0.05) is 25.9 Å². The molecule has 1 rings (SSSR count). The third kappa shape index (κ3) is 35.5. The lowest BCUT2D eigenvalue weighted by molar-refractivity contribution is -0.154. The molecule has 1 saturated heterocycles. The molecule has 1 aliphatic heterocycles. The van der Waals surface area contributed by atoms with Crippen molar-refractivity contribution >= 4 is 23.9 Å². The van der Waals surface area contributed by atoms with Gasteiger partial charge in [-0.2, -0.15) is 0 Å². The maximum absolute atomic E-state index is 13.5. The highest BCUT2D eigenvalue weighted by molar-refractivity contribution is 5.77. The fraction of sp³-hybridized carbons (Fsp3) is 0.932. The number of carbonyl (C=O) groups is 4. The predicted molar refractivity (Wildman–Crippen MR) is 286 cm³/mol. The molecule has 1 fully saturated rings. The smallest absolute Gasteiger partial charge is 0.323 e. The first-order valence-corrected chi connectivity index (χ1v) is 29.5. The van der Waals surface area contributed by atoms with Crippen LogP contribution < -0.4 is 0 Å². The molecule has 10 nitrogen and oxygen atoms in total. The third-order valence-corrected chi connectivity index (χ3v) is 14.5. The zero-order valence-corrected chi connectivity index (χ0v) is 46.7. The van der Waals surface area contributed by atoms with E-state index in [2.05, 4.69) is 32.6 Å². The Morgan fingerprint density at radius 2 is 1.04 bits per heavy atom. The van der Waals surface area contributed by atoms with Gasteiger partial charge in [-0.25, -0.2) is 0 Å². The van der Waals surface area contributed by atoms with Crippen LogP contribution in [-0.2, 0) is 38.1 Å². The molecule has 10 heteroatoms. The lowest BCUT2D eigenvalue weighted by atomic mass is 9.87. The Bertz CT molecular complexity index is 1230. The van der Waals surface area contributed by atoms with Gasteiger partial charge in [-0.15, -0.1) is 0 Å². The summed E-state index contributed by atoms with van der Waals surface area (Å²) in [6, 6.07) is -0.426. The van der Waals surface area contributed by atoms with E-state index in [-0.39, 0.29) is 36.1 Å². The van der Waals surface area contributed by atoms with Crippen molar-refractivity contribution in [3.8, 4) is 0 Å². The SMILES string of the molecule is CCCCCCCCC(CCCCCCCC)OC(=O)CCCCCCCOC(=O)[C@@H]1C[C@H](OC(=O)CCN(C)C)CN1CCCCCCC(C)(C)C(=O)OCCCC(CCCCC)CCCCC. The molecule has 0 radical (unpaired) electrons. The zero-order valence-electron chi connectivity index (χ0n) is 46.7. The van der Waals surface area contributed by atoms with E-state index in [4.69, 9.17) is 18.9 Å². The maximum Gasteiger partial charge on any atom is 0.323 e. The maximum atomic E-state index is 13.5. The van der Waals surface area contributed by atoms with Gasteiger partial charge in [0.15, 0.2) is 0 Å². The van der Waals surface area contributed by atoms with Gasteiger partial charge < -0.3 is 23.8 Å². The number of hydrogen-bond donors (Lipinski definition) is 0. The molecule has 69 heavy (non-hydrogen) atoms. The molecule has 0 saturated carbocycles. The summed E-state index contributed by atoms with van der Waals surface area (Å²) in [4.78, 5) is 56.2. The normalized spacial score (nSPS) is 15.4. The van der Waals surface area contributed by atoms with Gasteiger partial charge in [0.05, 0.1) is 25.0 Å². The van der Waals surface area contributed by atoms with Crippen LogP contribution in [-0.4, -0.2) is 98.9 Å². The van der Waals surface area contributed by atoms with Crippen LogP contribution in [0.1, 0.15) is 279 Å². The lowest BCUT2D eigenvalue weighted by Gasteiger charge is -2.24. The Kier molecular flexibility index (Phi) is 40.8. The van der Waals surface area contributed by atoms with Crippen LogP contribution in [0.15, 0.2) is 0 Å². The van der Waals surface area contributed by atoms with Crippen molar-refractivity contribution in [2.75, 3.05) is 46.9 Å². The van der Waals surface area contributed by atoms with E-state index in [0.717, 1.165) is 115 Å². The molecule has 0 aromatic rings. The van der Waals surface area contributed by atoms with Crippen LogP contribution in [0.3, 0.4) is 0 Å². The number of hydrogen-bond acceptors (Lipinski definition) is 10. The summed E-state index contributed by atoms with van der Waals surface area (Å²) in [5, 5.41) is 0. The first kappa shape index (κ1) is 64.8. The summed E-state index contributed by atoms with van der Waals surface area (Å²) >= 11 is 0. The topological polar surface area (TPSA) is 112 Å². The van der Waals surface area contributed by atoms with Crippen LogP contribution >= 0.6 is 0 Å². The Labute approximate surface area is 426 Å². The molecule has 0 aromatic heterocycles. The number of nitrogens with zero attached hydrogens (tertiary/aromatic N) is 2. The molecule has 406 valence electrons. The van der Waals surface area contributed by atoms with E-state index < -0.39 is 11.5 Å². The highest BCUT2D eigenvalue weighted by Gasteiger charge is 2.39. The van der Waals surface area contributed by atoms with Crippen molar-refractivity contribution in [2.45, 2.75) is 297 Å². The molecular weight excluding hydrogens is 865 g/mol. The Balaban J connectivity index is 2.49. The monoisotopic (exact) mass is 977 g/mol. The molecule has 0 aromatic carbocycles. The molecule has 0 spiro atoms. The summed E-state index contributed by atoms with van der Waals surface area (Å²) in [5.74, 6) is 0.157. The molecule has 0 unspecified atom stereocenters. The number of rotatable bonds is 48. The minimum Gasteiger partial charge on any atom is -0.465 e. The number of esters is 4. The van der Waals surface area contributed by atoms with E-state index in [9.17, 15) is 19.2 Å². The molecule has 1 heterocycles. The van der Waals surface area contributed by atoms with E-state index in [1.807, 2.05) is 32.8 Å². The second-order valence-electron chi connectivity index (χ2n) is 22.0. The molecule has 0 aliphatic carbocycles. The fourth-order valence-corrected chi connectivity index (χ4v) is 9.85. The van der Waals surface area contributed by atoms with Crippen molar-refractivity contribution in [2.24, 2.45) is 11.3 Å². The van der Waals surface area contributed by atoms with Crippen molar-refractivity contribution in [3.05, 3.63) is 0 Å². The number of unbranched alkanes of at least 4 members (excludes halogenated alkanes) is 21. The molecule has 0 amide bonds. The van der Waals surface area contributed by atoms with Crippen LogP contribution in [0.2, 0.25) is 0 Å². The quantitative estimate of drug-likeness (QED) is 0.0332. The van der Waals surface area contributed by atoms with Gasteiger partial charge in [0.1, 0.15) is 18.2 Å². The van der Waals surface area contributed by atoms with E-state index >= 15 is 0 Å². The van der Waals surface area contributed by atoms with E-state index in [0.29, 0.717) is 45.6 Å². The van der Waals surface area contributed by atoms with Gasteiger partial charge in [0.25, 0.3) is 0 Å². The van der Waals surface area contributed by atoms with Gasteiger partial charge >= 0.3 is 23.9 Å². The predicted octanol–water partition coefficient (Wildman–Crippen LogP) is 15.3. The summed E-state index contributed by atoms with van der Waals surface area (Å²) < 4.78 is 23.6. The van der Waals surface area contributed by atoms with Crippen LogP contribution in [0, 0.1) is 11.3 Å². The van der Waals surface area contributed by atoms with Crippen molar-refractivity contribution in [1.82, 2.24) is 9.80 Å². The van der Waals surface area contributed by atoms with Crippen molar-refractivity contribution in [1.29, 1.82) is 0 Å². The Morgan fingerprint density at radius 1 is 0.551 bits per heavy atom. The summed E-state index contributed by atoms with van der Waals surface area (Å²) in [6.07, 6.45) is 39.6. The van der Waals surface area contributed by atoms with Gasteiger partial charge in [-0.05, 0) is 105 Å². The molecule has 2 atom stereocenters. The van der Waals surface area contributed by atoms with Crippen LogP contribution in [0.4, 0.5) is 0 Å². The average molecular weight is 978 g/mol. The lowest BCUT2D eigenvalue weighted by Crippen LogP contribution is -2.38. The summed E-state index contributed by atoms with van der Waals surface area (Å²) in [5.41, 5.74) is -0.508. The van der Waals surface area contributed by atoms with E-state index in [1.165, 1.54) is 116 Å². The van der Waals surface area contributed by atoms with Gasteiger partial charge in [-0.1, -0.05) is 182 Å². The first-order chi connectivity index (χ1) is 33.4. The standard InChI is InChI=1S/C59H112N2O8/c1-9-13-17-19-22-30-40-52(41-31-23-20-18-14-10-2)68-55(62)42-32-24-21-27-35-47-66-57(64)54-49-53(69-56(63)43-46-60(7)8)50-61(54)45-34-26-25-33-44-59(5,6)58(65)67-48-36-39-51(37-28-15-11-3)38-29-16-12-4/h51-54H,9-50H2,1-8H3/t53-,54-/m0/s1. The van der Waals surface area contributed by atoms with Crippen LogP contribution in [0.5, 0.6) is 0 Å². The van der Waals surface area contributed by atoms with E-state index in [1.54, 1.807) is 0 Å². The largest absolute Gasteiger partial charge is 0.465 e. The second kappa shape index (κ2) is 43.4. The molecule has 0 bridgehead atoms. The van der Waals surface area contributed by atoms with Gasteiger partial charge in [0.2, 0.25) is 0 Å². The highest BCUT2D eigenvalue weighted by atomic mass is 16.6. The number of carbonyl (C=O) groups excluding carboxylic acids is 4. The van der Waals surface area contributed by atoms with Gasteiger partial charge in [-0.3, -0.25) is 24.1 Å². The molecule has 0 N–H and O–H groups in total.